The molecule has 0 radical (unpaired) electrons. The first-order valence-corrected chi connectivity index (χ1v) is 9.82. The van der Waals surface area contributed by atoms with Crippen molar-refractivity contribution in [1.82, 2.24) is 9.55 Å². The molecule has 0 amide bonds. The molecule has 26 heavy (non-hydrogen) atoms. The van der Waals surface area contributed by atoms with E-state index in [2.05, 4.69) is 80.7 Å². The van der Waals surface area contributed by atoms with Crippen LogP contribution < -0.4 is 4.80 Å². The Kier molecular flexibility index (Phi) is 4.89. The van der Waals surface area contributed by atoms with Crippen LogP contribution in [0.15, 0.2) is 59.0 Å². The van der Waals surface area contributed by atoms with Gasteiger partial charge in [-0.3, -0.25) is 4.57 Å². The third-order valence-corrected chi connectivity index (χ3v) is 5.15. The van der Waals surface area contributed by atoms with Gasteiger partial charge in [-0.05, 0) is 35.2 Å². The van der Waals surface area contributed by atoms with Crippen molar-refractivity contribution in [2.24, 2.45) is 4.99 Å². The zero-order valence-electron chi connectivity index (χ0n) is 16.4. The van der Waals surface area contributed by atoms with Crippen molar-refractivity contribution in [3.8, 4) is 5.69 Å². The fourth-order valence-corrected chi connectivity index (χ4v) is 3.91. The van der Waals surface area contributed by atoms with E-state index in [-0.39, 0.29) is 10.8 Å². The van der Waals surface area contributed by atoms with E-state index in [0.717, 1.165) is 16.3 Å². The van der Waals surface area contributed by atoms with Crippen molar-refractivity contribution < 1.29 is 0 Å². The molecule has 0 saturated heterocycles. The summed E-state index contributed by atoms with van der Waals surface area (Å²) in [5.74, 6) is 0.731. The molecule has 3 nitrogen and oxygen atoms in total. The Hall–Kier alpha value is -2.20. The first kappa shape index (κ1) is 18.6. The molecule has 0 spiro atoms. The lowest BCUT2D eigenvalue weighted by atomic mass is 9.87. The Labute approximate surface area is 160 Å². The van der Waals surface area contributed by atoms with Crippen LogP contribution in [0.3, 0.4) is 0 Å². The fourth-order valence-electron chi connectivity index (χ4n) is 2.78. The second-order valence-electron chi connectivity index (χ2n) is 8.59. The van der Waals surface area contributed by atoms with E-state index in [9.17, 15) is 0 Å². The minimum absolute atomic E-state index is 0.0249. The van der Waals surface area contributed by atoms with Crippen LogP contribution in [0.2, 0.25) is 0 Å². The van der Waals surface area contributed by atoms with Crippen LogP contribution in [0.25, 0.3) is 5.69 Å². The van der Waals surface area contributed by atoms with Crippen LogP contribution in [0.5, 0.6) is 0 Å². The van der Waals surface area contributed by atoms with Crippen LogP contribution in [-0.4, -0.2) is 9.55 Å². The van der Waals surface area contributed by atoms with Crippen LogP contribution in [0.4, 0.5) is 5.82 Å². The normalized spacial score (nSPS) is 13.2. The summed E-state index contributed by atoms with van der Waals surface area (Å²) < 4.78 is 2.26. The summed E-state index contributed by atoms with van der Waals surface area (Å²) in [5, 5.41) is 2.21. The minimum atomic E-state index is 0.0249. The van der Waals surface area contributed by atoms with E-state index in [4.69, 9.17) is 4.99 Å². The van der Waals surface area contributed by atoms with Crippen LogP contribution in [0.1, 0.15) is 52.8 Å². The maximum atomic E-state index is 4.79. The molecule has 0 unspecified atom stereocenters. The van der Waals surface area contributed by atoms with Gasteiger partial charge >= 0.3 is 0 Å². The van der Waals surface area contributed by atoms with Crippen molar-refractivity contribution in [2.75, 3.05) is 0 Å². The molecule has 3 rings (SSSR count). The summed E-state index contributed by atoms with van der Waals surface area (Å²) in [5.41, 5.74) is 3.89. The number of thiazole rings is 1. The van der Waals surface area contributed by atoms with Gasteiger partial charge in [0.05, 0.1) is 0 Å². The molecule has 136 valence electrons. The van der Waals surface area contributed by atoms with Crippen molar-refractivity contribution in [3.05, 3.63) is 70.1 Å². The maximum absolute atomic E-state index is 4.79. The lowest BCUT2D eigenvalue weighted by Crippen LogP contribution is -2.23. The number of aromatic nitrogens is 2. The third-order valence-electron chi connectivity index (χ3n) is 4.33. The van der Waals surface area contributed by atoms with E-state index in [1.54, 1.807) is 17.5 Å². The summed E-state index contributed by atoms with van der Waals surface area (Å²) >= 11 is 1.66. The first-order valence-electron chi connectivity index (χ1n) is 8.94. The minimum Gasteiger partial charge on any atom is -0.289 e. The molecule has 3 aromatic rings. The number of pyridine rings is 1. The Morgan fingerprint density at radius 1 is 0.885 bits per heavy atom. The maximum Gasteiger partial charge on any atom is 0.196 e. The van der Waals surface area contributed by atoms with Gasteiger partial charge in [-0.25, -0.2) is 9.98 Å². The largest absolute Gasteiger partial charge is 0.289 e. The van der Waals surface area contributed by atoms with E-state index in [0.29, 0.717) is 0 Å². The quantitative estimate of drug-likeness (QED) is 0.568. The van der Waals surface area contributed by atoms with Crippen molar-refractivity contribution >= 4 is 17.2 Å². The molecule has 4 heteroatoms. The van der Waals surface area contributed by atoms with Gasteiger partial charge in [-0.1, -0.05) is 59.7 Å². The van der Waals surface area contributed by atoms with Crippen LogP contribution in [-0.2, 0) is 10.8 Å². The summed E-state index contributed by atoms with van der Waals surface area (Å²) in [4.78, 5) is 10.1. The van der Waals surface area contributed by atoms with Gasteiger partial charge in [0.15, 0.2) is 10.6 Å². The Bertz CT molecular complexity index is 934. The van der Waals surface area contributed by atoms with E-state index >= 15 is 0 Å². The topological polar surface area (TPSA) is 30.2 Å². The number of hydrogen-bond donors (Lipinski definition) is 0. The fraction of sp³-hybridized carbons (Fsp3) is 0.364. The number of hydrogen-bond acceptors (Lipinski definition) is 3. The smallest absolute Gasteiger partial charge is 0.196 e. The molecule has 0 N–H and O–H groups in total. The van der Waals surface area contributed by atoms with Crippen LogP contribution in [0, 0.1) is 0 Å². The van der Waals surface area contributed by atoms with E-state index in [1.807, 2.05) is 18.2 Å². The zero-order valence-corrected chi connectivity index (χ0v) is 17.3. The number of benzene rings is 1. The molecular weight excluding hydrogens is 338 g/mol. The highest BCUT2D eigenvalue weighted by Crippen LogP contribution is 2.27. The third kappa shape index (κ3) is 3.96. The summed E-state index contributed by atoms with van der Waals surface area (Å²) in [6.07, 6.45) is 1.78. The van der Waals surface area contributed by atoms with Crippen molar-refractivity contribution in [2.45, 2.75) is 52.4 Å². The SMILES string of the molecule is CC(C)(C)c1ccc(-n2c(C(C)(C)C)cs/c2=N\c2ccccn2)cc1. The monoisotopic (exact) mass is 365 g/mol. The molecule has 0 aliphatic carbocycles. The van der Waals surface area contributed by atoms with Gasteiger partial charge in [0.2, 0.25) is 0 Å². The highest BCUT2D eigenvalue weighted by Gasteiger charge is 2.21. The standard InChI is InChI=1S/C22H27N3S/c1-21(2,3)16-10-12-17(13-11-16)25-18(22(4,5)6)15-26-20(25)24-19-9-7-8-14-23-19/h7-15H,1-6H3/b24-20-. The molecule has 1 aromatic carbocycles. The van der Waals surface area contributed by atoms with E-state index in [1.165, 1.54) is 11.3 Å². The molecule has 2 aromatic heterocycles. The molecule has 0 bridgehead atoms. The lowest BCUT2D eigenvalue weighted by Gasteiger charge is -2.22. The van der Waals surface area contributed by atoms with Crippen molar-refractivity contribution in [3.63, 3.8) is 0 Å². The zero-order chi connectivity index (χ0) is 18.9. The van der Waals surface area contributed by atoms with Gasteiger partial charge in [-0.2, -0.15) is 0 Å². The molecule has 0 fully saturated rings. The summed E-state index contributed by atoms with van der Waals surface area (Å²) in [6.45, 7) is 13.4. The number of nitrogens with zero attached hydrogens (tertiary/aromatic N) is 3. The first-order chi connectivity index (χ1) is 12.2. The second-order valence-corrected chi connectivity index (χ2v) is 9.42. The average molecular weight is 366 g/mol. The molecule has 0 atom stereocenters. The second kappa shape index (κ2) is 6.84. The Balaban J connectivity index is 2.18. The molecule has 0 aliphatic rings. The van der Waals surface area contributed by atoms with Gasteiger partial charge in [0.1, 0.15) is 0 Å². The number of rotatable bonds is 2. The Morgan fingerprint density at radius 3 is 2.12 bits per heavy atom. The summed E-state index contributed by atoms with van der Waals surface area (Å²) in [6, 6.07) is 14.6. The summed E-state index contributed by atoms with van der Waals surface area (Å²) in [7, 11) is 0. The van der Waals surface area contributed by atoms with Gasteiger partial charge in [0.25, 0.3) is 0 Å². The molecule has 0 aliphatic heterocycles. The Morgan fingerprint density at radius 2 is 1.58 bits per heavy atom. The van der Waals surface area contributed by atoms with E-state index < -0.39 is 0 Å². The van der Waals surface area contributed by atoms with Crippen molar-refractivity contribution in [1.29, 1.82) is 0 Å². The average Bonchev–Trinajstić information content (AvgIpc) is 2.99. The molecule has 2 heterocycles. The predicted molar refractivity (Wildman–Crippen MR) is 111 cm³/mol. The van der Waals surface area contributed by atoms with Gasteiger partial charge in [0, 0.05) is 28.4 Å². The van der Waals surface area contributed by atoms with Crippen LogP contribution >= 0.6 is 11.3 Å². The predicted octanol–water partition coefficient (Wildman–Crippen LogP) is 5.76. The highest BCUT2D eigenvalue weighted by molar-refractivity contribution is 7.07. The highest BCUT2D eigenvalue weighted by atomic mass is 32.1. The molecule has 0 saturated carbocycles. The van der Waals surface area contributed by atoms with Gasteiger partial charge < -0.3 is 0 Å². The lowest BCUT2D eigenvalue weighted by molar-refractivity contribution is 0.552. The van der Waals surface area contributed by atoms with Gasteiger partial charge in [-0.15, -0.1) is 11.3 Å². The molecular formula is C22H27N3S.